The summed E-state index contributed by atoms with van der Waals surface area (Å²) in [6, 6.07) is 4.30. The van der Waals surface area contributed by atoms with Gasteiger partial charge in [-0.25, -0.2) is 8.78 Å². The third kappa shape index (κ3) is 3.54. The summed E-state index contributed by atoms with van der Waals surface area (Å²) in [6.07, 6.45) is -2.58. The molecule has 17 heavy (non-hydrogen) atoms. The molecule has 0 unspecified atom stereocenters. The van der Waals surface area contributed by atoms with Gasteiger partial charge in [0.05, 0.1) is 18.1 Å². The maximum Gasteiger partial charge on any atom is 0.333 e. The molecule has 0 spiro atoms. The number of benzene rings is 1. The van der Waals surface area contributed by atoms with Crippen LogP contribution in [0, 0.1) is 10.1 Å². The van der Waals surface area contributed by atoms with E-state index in [2.05, 4.69) is 5.32 Å². The fourth-order valence-corrected chi connectivity index (χ4v) is 1.31. The fraction of sp³-hybridized carbons (Fsp3) is 0.400. The minimum absolute atomic E-state index is 0.0289. The van der Waals surface area contributed by atoms with Gasteiger partial charge in [-0.1, -0.05) is 6.07 Å². The Morgan fingerprint density at radius 3 is 2.76 bits per heavy atom. The number of alkyl halides is 2. The molecule has 0 bridgehead atoms. The van der Waals surface area contributed by atoms with Crippen molar-refractivity contribution in [1.29, 1.82) is 0 Å². The molecule has 1 aromatic rings. The van der Waals surface area contributed by atoms with Gasteiger partial charge in [-0.05, 0) is 19.1 Å². The maximum atomic E-state index is 12.0. The molecular weight excluding hydrogens is 234 g/mol. The van der Waals surface area contributed by atoms with Gasteiger partial charge >= 0.3 is 5.69 Å². The number of ether oxygens (including phenoxy) is 1. The zero-order valence-electron chi connectivity index (χ0n) is 9.15. The van der Waals surface area contributed by atoms with Gasteiger partial charge < -0.3 is 10.1 Å². The molecule has 0 aliphatic carbocycles. The number of halogens is 2. The molecule has 0 amide bonds. The number of nitro groups is 1. The molecule has 1 N–H and O–H groups in total. The second kappa shape index (κ2) is 5.97. The zero-order chi connectivity index (χ0) is 12.8. The molecule has 1 aromatic carbocycles. The lowest BCUT2D eigenvalue weighted by molar-refractivity contribution is -0.384. The molecular formula is C10H12F2N2O3. The Balaban J connectivity index is 3.02. The molecule has 0 fully saturated rings. The van der Waals surface area contributed by atoms with Gasteiger partial charge in [0.2, 0.25) is 0 Å². The van der Waals surface area contributed by atoms with Gasteiger partial charge in [0, 0.05) is 0 Å². The molecule has 5 nitrogen and oxygen atoms in total. The van der Waals surface area contributed by atoms with Crippen molar-refractivity contribution in [3.05, 3.63) is 28.3 Å². The highest BCUT2D eigenvalue weighted by Crippen LogP contribution is 2.34. The number of nitro benzene ring substituents is 1. The van der Waals surface area contributed by atoms with Crippen LogP contribution in [0.3, 0.4) is 0 Å². The lowest BCUT2D eigenvalue weighted by atomic mass is 10.2. The van der Waals surface area contributed by atoms with Crippen molar-refractivity contribution in [2.24, 2.45) is 0 Å². The van der Waals surface area contributed by atoms with Crippen molar-refractivity contribution >= 4 is 11.4 Å². The average Bonchev–Trinajstić information content (AvgIpc) is 2.26. The van der Waals surface area contributed by atoms with Crippen LogP contribution in [0.5, 0.6) is 5.75 Å². The van der Waals surface area contributed by atoms with E-state index in [1.165, 1.54) is 18.2 Å². The molecule has 1 rings (SSSR count). The Bertz CT molecular complexity index is 399. The maximum absolute atomic E-state index is 12.0. The van der Waals surface area contributed by atoms with Crippen LogP contribution in [0.1, 0.15) is 6.92 Å². The number of hydrogen-bond acceptors (Lipinski definition) is 4. The van der Waals surface area contributed by atoms with Gasteiger partial charge in [-0.2, -0.15) is 0 Å². The van der Waals surface area contributed by atoms with Crippen molar-refractivity contribution in [3.63, 3.8) is 0 Å². The molecule has 7 heteroatoms. The first-order chi connectivity index (χ1) is 8.06. The average molecular weight is 246 g/mol. The van der Waals surface area contributed by atoms with E-state index < -0.39 is 17.9 Å². The van der Waals surface area contributed by atoms with Gasteiger partial charge in [-0.3, -0.25) is 10.1 Å². The predicted molar refractivity (Wildman–Crippen MR) is 58.8 cm³/mol. The van der Waals surface area contributed by atoms with Crippen LogP contribution in [0.25, 0.3) is 0 Å². The van der Waals surface area contributed by atoms with Crippen LogP contribution in [-0.2, 0) is 0 Å². The van der Waals surface area contributed by atoms with Crippen LogP contribution in [0.2, 0.25) is 0 Å². The first-order valence-corrected chi connectivity index (χ1v) is 4.98. The third-order valence-electron chi connectivity index (χ3n) is 1.93. The normalized spacial score (nSPS) is 10.4. The minimum atomic E-state index is -2.58. The predicted octanol–water partition coefficient (Wildman–Crippen LogP) is 2.67. The van der Waals surface area contributed by atoms with Gasteiger partial charge in [-0.15, -0.1) is 0 Å². The highest BCUT2D eigenvalue weighted by atomic mass is 19.3. The SMILES string of the molecule is CCOc1cccc(NCC(F)F)c1[N+](=O)[O-]. The molecule has 94 valence electrons. The summed E-state index contributed by atoms with van der Waals surface area (Å²) in [5.74, 6) is 0.0665. The molecule has 0 aliphatic rings. The zero-order valence-corrected chi connectivity index (χ0v) is 9.15. The standard InChI is InChI=1S/C10H12F2N2O3/c1-2-17-8-5-3-4-7(10(8)14(15)16)13-6-9(11)12/h3-5,9,13H,2,6H2,1H3. The molecule has 0 saturated heterocycles. The summed E-state index contributed by atoms with van der Waals surface area (Å²) in [6.45, 7) is 1.30. The van der Waals surface area contributed by atoms with E-state index in [1.807, 2.05) is 0 Å². The van der Waals surface area contributed by atoms with E-state index in [9.17, 15) is 18.9 Å². The van der Waals surface area contributed by atoms with Crippen molar-refractivity contribution in [2.45, 2.75) is 13.3 Å². The summed E-state index contributed by atoms with van der Waals surface area (Å²) in [5.41, 5.74) is -0.295. The van der Waals surface area contributed by atoms with Crippen LogP contribution in [-0.4, -0.2) is 24.5 Å². The smallest absolute Gasteiger partial charge is 0.333 e. The van der Waals surface area contributed by atoms with Crippen molar-refractivity contribution in [1.82, 2.24) is 0 Å². The van der Waals surface area contributed by atoms with E-state index in [0.29, 0.717) is 0 Å². The van der Waals surface area contributed by atoms with Gasteiger partial charge in [0.1, 0.15) is 5.69 Å². The summed E-state index contributed by atoms with van der Waals surface area (Å²) in [5, 5.41) is 13.2. The van der Waals surface area contributed by atoms with Crippen LogP contribution >= 0.6 is 0 Å². The Kier molecular flexibility index (Phi) is 4.62. The van der Waals surface area contributed by atoms with E-state index in [1.54, 1.807) is 6.92 Å². The van der Waals surface area contributed by atoms with Crippen molar-refractivity contribution < 1.29 is 18.4 Å². The number of anilines is 1. The summed E-state index contributed by atoms with van der Waals surface area (Å²) in [4.78, 5) is 10.2. The second-order valence-electron chi connectivity index (χ2n) is 3.11. The summed E-state index contributed by atoms with van der Waals surface area (Å²) >= 11 is 0. The molecule has 0 aliphatic heterocycles. The quantitative estimate of drug-likeness (QED) is 0.619. The van der Waals surface area contributed by atoms with Crippen LogP contribution < -0.4 is 10.1 Å². The number of nitrogens with zero attached hydrogens (tertiary/aromatic N) is 1. The highest BCUT2D eigenvalue weighted by molar-refractivity contribution is 5.68. The fourth-order valence-electron chi connectivity index (χ4n) is 1.31. The molecule has 0 atom stereocenters. The molecule has 0 aromatic heterocycles. The lowest BCUT2D eigenvalue weighted by Crippen LogP contribution is -2.12. The largest absolute Gasteiger partial charge is 0.487 e. The summed E-state index contributed by atoms with van der Waals surface area (Å²) < 4.78 is 29.2. The Hall–Kier alpha value is -1.92. The van der Waals surface area contributed by atoms with Gasteiger partial charge in [0.25, 0.3) is 6.43 Å². The Labute approximate surface area is 96.5 Å². The summed E-state index contributed by atoms with van der Waals surface area (Å²) in [7, 11) is 0. The molecule has 0 heterocycles. The van der Waals surface area contributed by atoms with E-state index >= 15 is 0 Å². The van der Waals surface area contributed by atoms with E-state index in [4.69, 9.17) is 4.74 Å². The first kappa shape index (κ1) is 13.1. The Morgan fingerprint density at radius 1 is 1.53 bits per heavy atom. The minimum Gasteiger partial charge on any atom is -0.487 e. The van der Waals surface area contributed by atoms with E-state index in [0.717, 1.165) is 0 Å². The van der Waals surface area contributed by atoms with Crippen molar-refractivity contribution in [3.8, 4) is 5.75 Å². The Morgan fingerprint density at radius 2 is 2.24 bits per heavy atom. The highest BCUT2D eigenvalue weighted by Gasteiger charge is 2.21. The van der Waals surface area contributed by atoms with Crippen molar-refractivity contribution in [2.75, 3.05) is 18.5 Å². The lowest BCUT2D eigenvalue weighted by Gasteiger charge is -2.09. The van der Waals surface area contributed by atoms with Gasteiger partial charge in [0.15, 0.2) is 5.75 Å². The van der Waals surface area contributed by atoms with E-state index in [-0.39, 0.29) is 23.7 Å². The monoisotopic (exact) mass is 246 g/mol. The number of hydrogen-bond donors (Lipinski definition) is 1. The number of nitrogens with one attached hydrogen (secondary N) is 1. The second-order valence-corrected chi connectivity index (χ2v) is 3.11. The topological polar surface area (TPSA) is 64.4 Å². The third-order valence-corrected chi connectivity index (χ3v) is 1.93. The number of rotatable bonds is 6. The first-order valence-electron chi connectivity index (χ1n) is 4.98. The van der Waals surface area contributed by atoms with Crippen LogP contribution in [0.15, 0.2) is 18.2 Å². The molecule has 0 saturated carbocycles. The number of para-hydroxylation sites is 1. The molecule has 0 radical (unpaired) electrons. The van der Waals surface area contributed by atoms with Crippen LogP contribution in [0.4, 0.5) is 20.2 Å².